The number of halogens is 1. The zero-order chi connectivity index (χ0) is 11.4. The lowest BCUT2D eigenvalue weighted by molar-refractivity contribution is 0.480. The van der Waals surface area contributed by atoms with Crippen LogP contribution in [0.15, 0.2) is 0 Å². The Morgan fingerprint density at radius 3 is 2.67 bits per heavy atom. The number of rotatable bonds is 4. The van der Waals surface area contributed by atoms with E-state index < -0.39 is 0 Å². The predicted molar refractivity (Wildman–Crippen MR) is 60.8 cm³/mol. The van der Waals surface area contributed by atoms with Crippen molar-refractivity contribution in [3.8, 4) is 6.07 Å². The first kappa shape index (κ1) is 12.1. The largest absolute Gasteiger partial charge is 0.252 e. The molecule has 4 heteroatoms. The number of hydrogen-bond donors (Lipinski definition) is 0. The Morgan fingerprint density at radius 2 is 2.20 bits per heavy atom. The van der Waals surface area contributed by atoms with Crippen molar-refractivity contribution >= 4 is 11.6 Å². The molecule has 0 fully saturated rings. The van der Waals surface area contributed by atoms with Crippen molar-refractivity contribution in [1.82, 2.24) is 9.78 Å². The Morgan fingerprint density at radius 1 is 1.53 bits per heavy atom. The molecule has 1 aromatic rings. The standard InChI is InChI=1S/C11H16ClN3/c1-4-5-10-9(6-13)11(12)15(14-10)7-8(2)3/h8H,4-5,7H2,1-3H3. The van der Waals surface area contributed by atoms with E-state index in [0.29, 0.717) is 16.6 Å². The Kier molecular flexibility index (Phi) is 4.16. The minimum Gasteiger partial charge on any atom is -0.252 e. The van der Waals surface area contributed by atoms with Crippen LogP contribution in [0.3, 0.4) is 0 Å². The summed E-state index contributed by atoms with van der Waals surface area (Å²) in [6, 6.07) is 2.13. The molecule has 0 aliphatic rings. The number of aryl methyl sites for hydroxylation is 1. The Labute approximate surface area is 95.7 Å². The lowest BCUT2D eigenvalue weighted by Gasteiger charge is -2.05. The summed E-state index contributed by atoms with van der Waals surface area (Å²) in [4.78, 5) is 0. The fraction of sp³-hybridized carbons (Fsp3) is 0.636. The van der Waals surface area contributed by atoms with E-state index in [-0.39, 0.29) is 0 Å². The zero-order valence-electron chi connectivity index (χ0n) is 9.42. The Balaban J connectivity index is 3.05. The van der Waals surface area contributed by atoms with Gasteiger partial charge in [-0.05, 0) is 12.3 Å². The van der Waals surface area contributed by atoms with Gasteiger partial charge in [-0.2, -0.15) is 10.4 Å². The van der Waals surface area contributed by atoms with Crippen LogP contribution in [0.5, 0.6) is 0 Å². The van der Waals surface area contributed by atoms with Crippen LogP contribution in [0.4, 0.5) is 0 Å². The molecular weight excluding hydrogens is 210 g/mol. The molecule has 82 valence electrons. The van der Waals surface area contributed by atoms with Gasteiger partial charge in [-0.25, -0.2) is 0 Å². The molecule has 0 aromatic carbocycles. The Hall–Kier alpha value is -1.01. The van der Waals surface area contributed by atoms with Gasteiger partial charge in [0.2, 0.25) is 0 Å². The zero-order valence-corrected chi connectivity index (χ0v) is 10.2. The Bertz CT molecular complexity index is 374. The normalized spacial score (nSPS) is 10.7. The molecule has 0 saturated carbocycles. The molecule has 0 N–H and O–H groups in total. The van der Waals surface area contributed by atoms with Crippen molar-refractivity contribution in [1.29, 1.82) is 5.26 Å². The third-order valence-electron chi connectivity index (χ3n) is 2.10. The summed E-state index contributed by atoms with van der Waals surface area (Å²) in [6.07, 6.45) is 1.79. The summed E-state index contributed by atoms with van der Waals surface area (Å²) in [5.41, 5.74) is 1.37. The summed E-state index contributed by atoms with van der Waals surface area (Å²) in [5.74, 6) is 0.475. The lowest BCUT2D eigenvalue weighted by atomic mass is 10.2. The molecule has 0 aliphatic carbocycles. The van der Waals surface area contributed by atoms with Gasteiger partial charge in [0, 0.05) is 6.54 Å². The van der Waals surface area contributed by atoms with E-state index in [9.17, 15) is 0 Å². The highest BCUT2D eigenvalue weighted by atomic mass is 35.5. The smallest absolute Gasteiger partial charge is 0.145 e. The van der Waals surface area contributed by atoms with Gasteiger partial charge < -0.3 is 0 Å². The highest BCUT2D eigenvalue weighted by Crippen LogP contribution is 2.21. The van der Waals surface area contributed by atoms with Crippen molar-refractivity contribution in [2.75, 3.05) is 0 Å². The second-order valence-corrected chi connectivity index (χ2v) is 4.41. The monoisotopic (exact) mass is 225 g/mol. The van der Waals surface area contributed by atoms with Gasteiger partial charge in [0.05, 0.1) is 5.69 Å². The second kappa shape index (κ2) is 5.18. The van der Waals surface area contributed by atoms with E-state index >= 15 is 0 Å². The van der Waals surface area contributed by atoms with E-state index in [0.717, 1.165) is 25.1 Å². The molecule has 0 radical (unpaired) electrons. The van der Waals surface area contributed by atoms with Crippen LogP contribution in [0, 0.1) is 17.2 Å². The molecule has 0 amide bonds. The van der Waals surface area contributed by atoms with Crippen LogP contribution in [0.25, 0.3) is 0 Å². The van der Waals surface area contributed by atoms with Gasteiger partial charge in [0.15, 0.2) is 0 Å². The van der Waals surface area contributed by atoms with E-state index in [1.807, 2.05) is 0 Å². The summed E-state index contributed by atoms with van der Waals surface area (Å²) < 4.78 is 1.73. The molecule has 0 spiro atoms. The first-order valence-corrected chi connectivity index (χ1v) is 5.63. The number of hydrogen-bond acceptors (Lipinski definition) is 2. The van der Waals surface area contributed by atoms with E-state index in [1.165, 1.54) is 0 Å². The molecule has 0 saturated heterocycles. The first-order valence-electron chi connectivity index (χ1n) is 5.25. The molecule has 0 atom stereocenters. The van der Waals surface area contributed by atoms with Crippen molar-refractivity contribution < 1.29 is 0 Å². The molecule has 0 aliphatic heterocycles. The molecule has 1 rings (SSSR count). The third kappa shape index (κ3) is 2.73. The van der Waals surface area contributed by atoms with Crippen LogP contribution >= 0.6 is 11.6 Å². The van der Waals surface area contributed by atoms with Crippen LogP contribution in [0.1, 0.15) is 38.4 Å². The number of nitriles is 1. The molecular formula is C11H16ClN3. The van der Waals surface area contributed by atoms with Gasteiger partial charge in [-0.1, -0.05) is 38.8 Å². The average Bonchev–Trinajstić information content (AvgIpc) is 2.43. The van der Waals surface area contributed by atoms with Gasteiger partial charge in [0.25, 0.3) is 0 Å². The third-order valence-corrected chi connectivity index (χ3v) is 2.48. The van der Waals surface area contributed by atoms with Gasteiger partial charge in [-0.15, -0.1) is 0 Å². The molecule has 15 heavy (non-hydrogen) atoms. The van der Waals surface area contributed by atoms with E-state index in [1.54, 1.807) is 4.68 Å². The van der Waals surface area contributed by atoms with Crippen molar-refractivity contribution in [3.05, 3.63) is 16.4 Å². The topological polar surface area (TPSA) is 41.6 Å². The molecule has 1 aromatic heterocycles. The fourth-order valence-electron chi connectivity index (χ4n) is 1.48. The number of aromatic nitrogens is 2. The molecule has 0 unspecified atom stereocenters. The second-order valence-electron chi connectivity index (χ2n) is 4.05. The van der Waals surface area contributed by atoms with Crippen molar-refractivity contribution in [2.24, 2.45) is 5.92 Å². The lowest BCUT2D eigenvalue weighted by Crippen LogP contribution is -2.06. The van der Waals surface area contributed by atoms with Gasteiger partial charge in [-0.3, -0.25) is 4.68 Å². The summed E-state index contributed by atoms with van der Waals surface area (Å²) in [5, 5.41) is 13.8. The molecule has 3 nitrogen and oxygen atoms in total. The quantitative estimate of drug-likeness (QED) is 0.791. The van der Waals surface area contributed by atoms with Crippen molar-refractivity contribution in [2.45, 2.75) is 40.2 Å². The van der Waals surface area contributed by atoms with Crippen LogP contribution in [-0.4, -0.2) is 9.78 Å². The minimum atomic E-state index is 0.475. The first-order chi connectivity index (χ1) is 7.10. The predicted octanol–water partition coefficient (Wildman–Crippen LogP) is 3.02. The van der Waals surface area contributed by atoms with Crippen LogP contribution < -0.4 is 0 Å². The highest BCUT2D eigenvalue weighted by molar-refractivity contribution is 6.30. The number of nitrogens with zero attached hydrogens (tertiary/aromatic N) is 3. The average molecular weight is 226 g/mol. The maximum atomic E-state index is 8.99. The van der Waals surface area contributed by atoms with Crippen LogP contribution in [-0.2, 0) is 13.0 Å². The summed E-state index contributed by atoms with van der Waals surface area (Å²) in [7, 11) is 0. The van der Waals surface area contributed by atoms with Gasteiger partial charge >= 0.3 is 0 Å². The summed E-state index contributed by atoms with van der Waals surface area (Å²) in [6.45, 7) is 7.03. The SMILES string of the molecule is CCCc1nn(CC(C)C)c(Cl)c1C#N. The highest BCUT2D eigenvalue weighted by Gasteiger charge is 2.15. The maximum absolute atomic E-state index is 8.99. The fourth-order valence-corrected chi connectivity index (χ4v) is 1.74. The van der Waals surface area contributed by atoms with E-state index in [2.05, 4.69) is 31.9 Å². The minimum absolute atomic E-state index is 0.475. The molecule has 0 bridgehead atoms. The summed E-state index contributed by atoms with van der Waals surface area (Å²) >= 11 is 6.09. The maximum Gasteiger partial charge on any atom is 0.145 e. The van der Waals surface area contributed by atoms with Gasteiger partial charge in [0.1, 0.15) is 16.8 Å². The van der Waals surface area contributed by atoms with Crippen molar-refractivity contribution in [3.63, 3.8) is 0 Å². The van der Waals surface area contributed by atoms with Crippen LogP contribution in [0.2, 0.25) is 5.15 Å². The van der Waals surface area contributed by atoms with E-state index in [4.69, 9.17) is 16.9 Å². The molecule has 1 heterocycles.